The van der Waals surface area contributed by atoms with Gasteiger partial charge in [0.1, 0.15) is 18.1 Å². The van der Waals surface area contributed by atoms with Crippen LogP contribution in [0.1, 0.15) is 28.8 Å². The highest BCUT2D eigenvalue weighted by Crippen LogP contribution is 2.33. The van der Waals surface area contributed by atoms with Gasteiger partial charge < -0.3 is 14.1 Å². The lowest BCUT2D eigenvalue weighted by Crippen LogP contribution is -2.35. The van der Waals surface area contributed by atoms with Crippen molar-refractivity contribution in [1.29, 1.82) is 0 Å². The Morgan fingerprint density at radius 1 is 1.15 bits per heavy atom. The standard InChI is InChI=1S/C21H18INO3/c1-14-12-15-4-2-3-5-19(15)23(14)21(24)20-11-10-18(26-20)13-25-17-8-6-16(22)7-9-17/h2-11,14H,12-13H2,1H3/t14-/m1/s1. The zero-order valence-corrected chi connectivity index (χ0v) is 16.5. The van der Waals surface area contributed by atoms with E-state index in [2.05, 4.69) is 35.6 Å². The molecular formula is C21H18INO3. The number of carbonyl (C=O) groups is 1. The molecule has 4 nitrogen and oxygen atoms in total. The van der Waals surface area contributed by atoms with Gasteiger partial charge in [-0.05, 0) is 84.0 Å². The average molecular weight is 459 g/mol. The van der Waals surface area contributed by atoms with E-state index in [9.17, 15) is 4.79 Å². The maximum absolute atomic E-state index is 12.9. The summed E-state index contributed by atoms with van der Waals surface area (Å²) in [5, 5.41) is 0. The number of halogens is 1. The Bertz CT molecular complexity index is 932. The van der Waals surface area contributed by atoms with E-state index in [-0.39, 0.29) is 11.9 Å². The van der Waals surface area contributed by atoms with Gasteiger partial charge in [-0.2, -0.15) is 0 Å². The number of fused-ring (bicyclic) bond motifs is 1. The molecule has 0 bridgehead atoms. The Hall–Kier alpha value is -2.28. The second-order valence-electron chi connectivity index (χ2n) is 6.37. The molecule has 1 amide bonds. The second-order valence-corrected chi connectivity index (χ2v) is 7.61. The molecule has 0 saturated carbocycles. The highest BCUT2D eigenvalue weighted by atomic mass is 127. The van der Waals surface area contributed by atoms with E-state index in [4.69, 9.17) is 9.15 Å². The van der Waals surface area contributed by atoms with Crippen molar-refractivity contribution in [1.82, 2.24) is 0 Å². The minimum atomic E-state index is -0.108. The van der Waals surface area contributed by atoms with E-state index in [1.807, 2.05) is 47.4 Å². The molecule has 4 rings (SSSR count). The average Bonchev–Trinajstić information content (AvgIpc) is 3.24. The predicted octanol–water partition coefficient (Wildman–Crippen LogP) is 5.05. The fourth-order valence-electron chi connectivity index (χ4n) is 3.25. The van der Waals surface area contributed by atoms with Crippen LogP contribution < -0.4 is 9.64 Å². The number of carbonyl (C=O) groups excluding carboxylic acids is 1. The molecule has 5 heteroatoms. The van der Waals surface area contributed by atoms with Gasteiger partial charge in [0.25, 0.3) is 5.91 Å². The third-order valence-corrected chi connectivity index (χ3v) is 5.21. The normalized spacial score (nSPS) is 15.8. The Labute approximate surface area is 165 Å². The van der Waals surface area contributed by atoms with Crippen LogP contribution in [0.4, 0.5) is 5.69 Å². The number of hydrogen-bond donors (Lipinski definition) is 0. The predicted molar refractivity (Wildman–Crippen MR) is 109 cm³/mol. The molecule has 2 heterocycles. The van der Waals surface area contributed by atoms with Crippen LogP contribution >= 0.6 is 22.6 Å². The third-order valence-electron chi connectivity index (χ3n) is 4.49. The molecule has 0 saturated heterocycles. The van der Waals surface area contributed by atoms with Crippen LogP contribution in [0, 0.1) is 3.57 Å². The summed E-state index contributed by atoms with van der Waals surface area (Å²) in [5.41, 5.74) is 2.17. The molecule has 0 unspecified atom stereocenters. The van der Waals surface area contributed by atoms with Gasteiger partial charge in [0.2, 0.25) is 0 Å². The summed E-state index contributed by atoms with van der Waals surface area (Å²) >= 11 is 2.25. The Morgan fingerprint density at radius 3 is 2.73 bits per heavy atom. The lowest BCUT2D eigenvalue weighted by atomic mass is 10.1. The SMILES string of the molecule is C[C@@H]1Cc2ccccc2N1C(=O)c1ccc(COc2ccc(I)cc2)o1. The number of ether oxygens (including phenoxy) is 1. The molecule has 0 radical (unpaired) electrons. The van der Waals surface area contributed by atoms with Gasteiger partial charge in [-0.3, -0.25) is 4.79 Å². The van der Waals surface area contributed by atoms with Gasteiger partial charge in [-0.1, -0.05) is 18.2 Å². The lowest BCUT2D eigenvalue weighted by molar-refractivity contribution is 0.0950. The van der Waals surface area contributed by atoms with Gasteiger partial charge in [0, 0.05) is 15.3 Å². The fraction of sp³-hybridized carbons (Fsp3) is 0.190. The van der Waals surface area contributed by atoms with E-state index >= 15 is 0 Å². The van der Waals surface area contributed by atoms with Crippen molar-refractivity contribution in [2.75, 3.05) is 4.90 Å². The molecule has 1 aliphatic rings. The van der Waals surface area contributed by atoms with Crippen molar-refractivity contribution >= 4 is 34.2 Å². The van der Waals surface area contributed by atoms with Crippen LogP contribution in [0.25, 0.3) is 0 Å². The smallest absolute Gasteiger partial charge is 0.294 e. The summed E-state index contributed by atoms with van der Waals surface area (Å²) in [7, 11) is 0. The number of rotatable bonds is 4. The maximum Gasteiger partial charge on any atom is 0.294 e. The first-order valence-electron chi connectivity index (χ1n) is 8.50. The summed E-state index contributed by atoms with van der Waals surface area (Å²) in [6, 6.07) is 19.5. The first-order chi connectivity index (χ1) is 12.6. The monoisotopic (exact) mass is 459 g/mol. The van der Waals surface area contributed by atoms with E-state index in [0.717, 1.165) is 21.4 Å². The van der Waals surface area contributed by atoms with Gasteiger partial charge in [-0.15, -0.1) is 0 Å². The second kappa shape index (κ2) is 7.15. The molecular weight excluding hydrogens is 441 g/mol. The number of nitrogens with zero attached hydrogens (tertiary/aromatic N) is 1. The van der Waals surface area contributed by atoms with E-state index in [1.54, 1.807) is 12.1 Å². The molecule has 0 aliphatic carbocycles. The third kappa shape index (κ3) is 3.35. The number of anilines is 1. The van der Waals surface area contributed by atoms with Gasteiger partial charge in [0.15, 0.2) is 5.76 Å². The van der Waals surface area contributed by atoms with Gasteiger partial charge in [-0.25, -0.2) is 0 Å². The van der Waals surface area contributed by atoms with Crippen molar-refractivity contribution in [2.24, 2.45) is 0 Å². The van der Waals surface area contributed by atoms with Gasteiger partial charge >= 0.3 is 0 Å². The summed E-state index contributed by atoms with van der Waals surface area (Å²) in [5.74, 6) is 1.64. The zero-order chi connectivity index (χ0) is 18.1. The van der Waals surface area contributed by atoms with Crippen molar-refractivity contribution in [2.45, 2.75) is 26.0 Å². The Morgan fingerprint density at radius 2 is 1.92 bits per heavy atom. The van der Waals surface area contributed by atoms with Crippen molar-refractivity contribution in [3.05, 3.63) is 81.3 Å². The molecule has 0 spiro atoms. The fourth-order valence-corrected chi connectivity index (χ4v) is 3.61. The van der Waals surface area contributed by atoms with Crippen LogP contribution in [-0.2, 0) is 13.0 Å². The molecule has 1 aromatic heterocycles. The van der Waals surface area contributed by atoms with Crippen LogP contribution in [0.5, 0.6) is 5.75 Å². The van der Waals surface area contributed by atoms with Gasteiger partial charge in [0.05, 0.1) is 0 Å². The van der Waals surface area contributed by atoms with Crippen molar-refractivity contribution < 1.29 is 13.9 Å². The molecule has 1 aliphatic heterocycles. The topological polar surface area (TPSA) is 42.7 Å². The van der Waals surface area contributed by atoms with Crippen LogP contribution in [0.3, 0.4) is 0 Å². The number of hydrogen-bond acceptors (Lipinski definition) is 3. The Balaban J connectivity index is 1.47. The van der Waals surface area contributed by atoms with Crippen LogP contribution in [0.15, 0.2) is 65.1 Å². The summed E-state index contributed by atoms with van der Waals surface area (Å²) < 4.78 is 12.6. The van der Waals surface area contributed by atoms with Crippen LogP contribution in [0.2, 0.25) is 0 Å². The molecule has 132 valence electrons. The highest BCUT2D eigenvalue weighted by molar-refractivity contribution is 14.1. The number of benzene rings is 2. The first-order valence-corrected chi connectivity index (χ1v) is 9.58. The quantitative estimate of drug-likeness (QED) is 0.513. The minimum Gasteiger partial charge on any atom is -0.486 e. The minimum absolute atomic E-state index is 0.108. The lowest BCUT2D eigenvalue weighted by Gasteiger charge is -2.21. The first kappa shape index (κ1) is 17.1. The van der Waals surface area contributed by atoms with Crippen molar-refractivity contribution in [3.8, 4) is 5.75 Å². The molecule has 0 fully saturated rings. The van der Waals surface area contributed by atoms with Crippen LogP contribution in [-0.4, -0.2) is 11.9 Å². The largest absolute Gasteiger partial charge is 0.486 e. The highest BCUT2D eigenvalue weighted by Gasteiger charge is 2.32. The Kier molecular flexibility index (Phi) is 4.72. The number of para-hydroxylation sites is 1. The number of furan rings is 1. The van der Waals surface area contributed by atoms with E-state index < -0.39 is 0 Å². The van der Waals surface area contributed by atoms with E-state index in [0.29, 0.717) is 18.1 Å². The summed E-state index contributed by atoms with van der Waals surface area (Å²) in [6.45, 7) is 2.35. The number of amides is 1. The molecule has 1 atom stereocenters. The molecule has 26 heavy (non-hydrogen) atoms. The van der Waals surface area contributed by atoms with Crippen molar-refractivity contribution in [3.63, 3.8) is 0 Å². The molecule has 2 aromatic carbocycles. The summed E-state index contributed by atoms with van der Waals surface area (Å²) in [6.07, 6.45) is 0.866. The zero-order valence-electron chi connectivity index (χ0n) is 14.3. The molecule has 3 aromatic rings. The maximum atomic E-state index is 12.9. The van der Waals surface area contributed by atoms with E-state index in [1.165, 1.54) is 5.56 Å². The molecule has 0 N–H and O–H groups in total. The summed E-state index contributed by atoms with van der Waals surface area (Å²) in [4.78, 5) is 14.8.